The molecule has 0 saturated heterocycles. The van der Waals surface area contributed by atoms with Gasteiger partial charge in [0.1, 0.15) is 0 Å². The highest BCUT2D eigenvalue weighted by Gasteiger charge is 2.33. The van der Waals surface area contributed by atoms with Crippen molar-refractivity contribution in [1.29, 1.82) is 0 Å². The highest BCUT2D eigenvalue weighted by atomic mass is 35.5. The van der Waals surface area contributed by atoms with Crippen LogP contribution in [0.4, 0.5) is 10.5 Å². The van der Waals surface area contributed by atoms with E-state index in [1.54, 1.807) is 6.07 Å². The minimum Gasteiger partial charge on any atom is -0.331 e. The van der Waals surface area contributed by atoms with Gasteiger partial charge in [-0.25, -0.2) is 4.79 Å². The molecule has 0 unspecified atom stereocenters. The van der Waals surface area contributed by atoms with Gasteiger partial charge in [0.15, 0.2) is 0 Å². The molecule has 4 N–H and O–H groups in total. The molecule has 0 radical (unpaired) electrons. The lowest BCUT2D eigenvalue weighted by atomic mass is 9.98. The highest BCUT2D eigenvalue weighted by molar-refractivity contribution is 6.31. The number of urea groups is 1. The van der Waals surface area contributed by atoms with Gasteiger partial charge in [0.2, 0.25) is 0 Å². The van der Waals surface area contributed by atoms with Crippen LogP contribution >= 0.6 is 11.6 Å². The molecule has 0 aliphatic heterocycles. The van der Waals surface area contributed by atoms with Crippen molar-refractivity contribution in [3.63, 3.8) is 0 Å². The van der Waals surface area contributed by atoms with Crippen LogP contribution in [0.15, 0.2) is 18.2 Å². The molecule has 2 amide bonds. The molecule has 1 aliphatic carbocycles. The van der Waals surface area contributed by atoms with Gasteiger partial charge in [-0.2, -0.15) is 0 Å². The van der Waals surface area contributed by atoms with Gasteiger partial charge in [0, 0.05) is 17.3 Å². The molecule has 104 valence electrons. The first-order chi connectivity index (χ1) is 9.04. The second-order valence-corrected chi connectivity index (χ2v) is 5.64. The van der Waals surface area contributed by atoms with Crippen molar-refractivity contribution in [2.75, 3.05) is 11.9 Å². The summed E-state index contributed by atoms with van der Waals surface area (Å²) < 4.78 is 0. The van der Waals surface area contributed by atoms with Crippen molar-refractivity contribution >= 4 is 23.3 Å². The number of nitrogens with one attached hydrogen (secondary N) is 2. The fraction of sp³-hybridized carbons (Fsp3) is 0.500. The number of hydrogen-bond acceptors (Lipinski definition) is 2. The standard InChI is InChI=1S/C14H20ClN3O/c1-10-4-5-11(8-12(10)15)17-13(19)18-14(9-16)6-2-3-7-14/h4-5,8H,2-3,6-7,9,16H2,1H3,(H2,17,18,19). The van der Waals surface area contributed by atoms with E-state index in [1.807, 2.05) is 19.1 Å². The van der Waals surface area contributed by atoms with Crippen molar-refractivity contribution in [3.05, 3.63) is 28.8 Å². The molecule has 19 heavy (non-hydrogen) atoms. The first-order valence-corrected chi connectivity index (χ1v) is 6.98. The Hall–Kier alpha value is -1.26. The molecule has 0 aromatic heterocycles. The molecule has 1 saturated carbocycles. The molecule has 2 rings (SSSR count). The van der Waals surface area contributed by atoms with Crippen LogP contribution in [0.3, 0.4) is 0 Å². The van der Waals surface area contributed by atoms with Gasteiger partial charge in [-0.15, -0.1) is 0 Å². The van der Waals surface area contributed by atoms with Gasteiger partial charge < -0.3 is 16.4 Å². The molecular formula is C14H20ClN3O. The smallest absolute Gasteiger partial charge is 0.319 e. The SMILES string of the molecule is Cc1ccc(NC(=O)NC2(CN)CCCC2)cc1Cl. The maximum Gasteiger partial charge on any atom is 0.319 e. The van der Waals surface area contributed by atoms with Crippen molar-refractivity contribution < 1.29 is 4.79 Å². The molecule has 1 aliphatic rings. The molecule has 5 heteroatoms. The van der Waals surface area contributed by atoms with Gasteiger partial charge in [0.05, 0.1) is 5.54 Å². The summed E-state index contributed by atoms with van der Waals surface area (Å²) in [7, 11) is 0. The third-order valence-corrected chi connectivity index (χ3v) is 4.17. The number of amides is 2. The third-order valence-electron chi connectivity index (χ3n) is 3.76. The van der Waals surface area contributed by atoms with E-state index in [0.717, 1.165) is 31.2 Å². The maximum absolute atomic E-state index is 12.0. The summed E-state index contributed by atoms with van der Waals surface area (Å²) in [5, 5.41) is 6.46. The Kier molecular flexibility index (Phi) is 4.32. The van der Waals surface area contributed by atoms with Crippen molar-refractivity contribution in [2.45, 2.75) is 38.1 Å². The summed E-state index contributed by atoms with van der Waals surface area (Å²) in [4.78, 5) is 12.0. The largest absolute Gasteiger partial charge is 0.331 e. The van der Waals surface area contributed by atoms with Crippen LogP contribution in [0.5, 0.6) is 0 Å². The summed E-state index contributed by atoms with van der Waals surface area (Å²) in [5.74, 6) is 0. The number of rotatable bonds is 3. The van der Waals surface area contributed by atoms with E-state index in [2.05, 4.69) is 10.6 Å². The molecule has 0 heterocycles. The highest BCUT2D eigenvalue weighted by Crippen LogP contribution is 2.28. The Morgan fingerprint density at radius 1 is 1.42 bits per heavy atom. The quantitative estimate of drug-likeness (QED) is 0.797. The first-order valence-electron chi connectivity index (χ1n) is 6.60. The van der Waals surface area contributed by atoms with E-state index < -0.39 is 0 Å². The number of benzene rings is 1. The normalized spacial score (nSPS) is 17.2. The van der Waals surface area contributed by atoms with E-state index in [9.17, 15) is 4.79 Å². The van der Waals surface area contributed by atoms with E-state index in [1.165, 1.54) is 0 Å². The topological polar surface area (TPSA) is 67.2 Å². The number of hydrogen-bond donors (Lipinski definition) is 3. The number of aryl methyl sites for hydroxylation is 1. The Labute approximate surface area is 118 Å². The molecule has 1 aromatic rings. The number of anilines is 1. The van der Waals surface area contributed by atoms with Crippen LogP contribution < -0.4 is 16.4 Å². The van der Waals surface area contributed by atoms with Crippen molar-refractivity contribution in [2.24, 2.45) is 5.73 Å². The zero-order valence-electron chi connectivity index (χ0n) is 11.1. The summed E-state index contributed by atoms with van der Waals surface area (Å²) in [5.41, 5.74) is 7.23. The predicted molar refractivity (Wildman–Crippen MR) is 78.6 cm³/mol. The summed E-state index contributed by atoms with van der Waals surface area (Å²) in [6.45, 7) is 2.41. The lowest BCUT2D eigenvalue weighted by Crippen LogP contribution is -2.53. The Balaban J connectivity index is 1.99. The molecular weight excluding hydrogens is 262 g/mol. The molecule has 0 atom stereocenters. The Bertz CT molecular complexity index is 470. The van der Waals surface area contributed by atoms with Crippen LogP contribution in [0, 0.1) is 6.92 Å². The van der Waals surface area contributed by atoms with Crippen LogP contribution in [-0.4, -0.2) is 18.1 Å². The second kappa shape index (κ2) is 5.80. The maximum atomic E-state index is 12.0. The summed E-state index contributed by atoms with van der Waals surface area (Å²) in [6.07, 6.45) is 4.14. The number of carbonyl (C=O) groups excluding carboxylic acids is 1. The molecule has 1 aromatic carbocycles. The fourth-order valence-corrected chi connectivity index (χ4v) is 2.69. The zero-order valence-corrected chi connectivity index (χ0v) is 11.9. The average molecular weight is 282 g/mol. The molecule has 0 bridgehead atoms. The lowest BCUT2D eigenvalue weighted by molar-refractivity contribution is 0.237. The number of nitrogens with two attached hydrogens (primary N) is 1. The molecule has 1 fully saturated rings. The van der Waals surface area contributed by atoms with Gasteiger partial charge in [0.25, 0.3) is 0 Å². The van der Waals surface area contributed by atoms with Crippen molar-refractivity contribution in [3.8, 4) is 0 Å². The average Bonchev–Trinajstić information content (AvgIpc) is 2.83. The Morgan fingerprint density at radius 2 is 2.11 bits per heavy atom. The fourth-order valence-electron chi connectivity index (χ4n) is 2.51. The van der Waals surface area contributed by atoms with Crippen LogP contribution in [0.1, 0.15) is 31.2 Å². The minimum absolute atomic E-state index is 0.215. The Morgan fingerprint density at radius 3 is 2.68 bits per heavy atom. The number of carbonyl (C=O) groups is 1. The van der Waals surface area contributed by atoms with Gasteiger partial charge in [-0.1, -0.05) is 30.5 Å². The zero-order chi connectivity index (χ0) is 13.9. The van der Waals surface area contributed by atoms with E-state index >= 15 is 0 Å². The van der Waals surface area contributed by atoms with Crippen LogP contribution in [0.25, 0.3) is 0 Å². The van der Waals surface area contributed by atoms with Crippen LogP contribution in [-0.2, 0) is 0 Å². The lowest BCUT2D eigenvalue weighted by Gasteiger charge is -2.28. The van der Waals surface area contributed by atoms with Gasteiger partial charge >= 0.3 is 6.03 Å². The van der Waals surface area contributed by atoms with E-state index in [4.69, 9.17) is 17.3 Å². The first kappa shape index (κ1) is 14.2. The van der Waals surface area contributed by atoms with Crippen LogP contribution in [0.2, 0.25) is 5.02 Å². The summed E-state index contributed by atoms with van der Waals surface area (Å²) >= 11 is 6.03. The minimum atomic E-state index is -0.238. The molecule has 4 nitrogen and oxygen atoms in total. The van der Waals surface area contributed by atoms with E-state index in [0.29, 0.717) is 17.3 Å². The van der Waals surface area contributed by atoms with Crippen molar-refractivity contribution in [1.82, 2.24) is 5.32 Å². The second-order valence-electron chi connectivity index (χ2n) is 5.23. The molecule has 0 spiro atoms. The third kappa shape index (κ3) is 3.39. The monoisotopic (exact) mass is 281 g/mol. The van der Waals surface area contributed by atoms with Gasteiger partial charge in [-0.3, -0.25) is 0 Å². The number of halogens is 1. The summed E-state index contributed by atoms with van der Waals surface area (Å²) in [6, 6.07) is 5.25. The predicted octanol–water partition coefficient (Wildman–Crippen LogP) is 3.04. The van der Waals surface area contributed by atoms with E-state index in [-0.39, 0.29) is 11.6 Å². The van der Waals surface area contributed by atoms with Gasteiger partial charge in [-0.05, 0) is 37.5 Å².